The Bertz CT molecular complexity index is 615. The first-order valence-corrected chi connectivity index (χ1v) is 8.42. The molecule has 0 saturated heterocycles. The number of carbonyl (C=O) groups excluding carboxylic acids is 1. The van der Waals surface area contributed by atoms with Gasteiger partial charge in [-0.25, -0.2) is 4.39 Å². The van der Waals surface area contributed by atoms with Crippen molar-refractivity contribution in [3.05, 3.63) is 35.6 Å². The van der Waals surface area contributed by atoms with Crippen LogP contribution in [0.2, 0.25) is 0 Å². The zero-order valence-corrected chi connectivity index (χ0v) is 13.3. The highest BCUT2D eigenvalue weighted by molar-refractivity contribution is 5.78. The van der Waals surface area contributed by atoms with Crippen LogP contribution in [0.3, 0.4) is 0 Å². The van der Waals surface area contributed by atoms with Crippen LogP contribution in [-0.2, 0) is 11.3 Å². The van der Waals surface area contributed by atoms with Gasteiger partial charge in [-0.05, 0) is 31.7 Å². The first-order valence-electron chi connectivity index (χ1n) is 8.42. The lowest BCUT2D eigenvalue weighted by Crippen LogP contribution is -3.13. The van der Waals surface area contributed by atoms with Crippen LogP contribution in [-0.4, -0.2) is 24.0 Å². The fraction of sp³-hybridized carbons (Fsp3) is 0.556. The maximum Gasteiger partial charge on any atom is 0.276 e. The third-order valence-electron chi connectivity index (χ3n) is 4.97. The molecule has 3 rings (SSSR count). The van der Waals surface area contributed by atoms with Gasteiger partial charge >= 0.3 is 0 Å². The van der Waals surface area contributed by atoms with Gasteiger partial charge in [-0.1, -0.05) is 18.2 Å². The molecule has 122 valence electrons. The average Bonchev–Trinajstić information content (AvgIpc) is 3.29. The van der Waals surface area contributed by atoms with E-state index in [1.165, 1.54) is 6.07 Å². The van der Waals surface area contributed by atoms with Crippen LogP contribution in [0.4, 0.5) is 4.39 Å². The van der Waals surface area contributed by atoms with E-state index >= 15 is 0 Å². The lowest BCUT2D eigenvalue weighted by Gasteiger charge is -2.24. The standard InChI is InChI=1S/C18H22FN3O/c19-16-6-2-1-5-14(16)11-22(15-7-8-15)12-17(23)21-18(13-20)9-3-4-10-18/h1-2,5-6,15H,3-4,7-12H2,(H,21,23)/p+1. The van der Waals surface area contributed by atoms with E-state index in [0.717, 1.165) is 43.4 Å². The summed E-state index contributed by atoms with van der Waals surface area (Å²) >= 11 is 0. The topological polar surface area (TPSA) is 57.3 Å². The van der Waals surface area contributed by atoms with Gasteiger partial charge in [0.2, 0.25) is 0 Å². The summed E-state index contributed by atoms with van der Waals surface area (Å²) < 4.78 is 13.9. The molecule has 0 aliphatic heterocycles. The predicted octanol–water partition coefficient (Wildman–Crippen LogP) is 1.33. The number of nitriles is 1. The second-order valence-electron chi connectivity index (χ2n) is 6.83. The maximum atomic E-state index is 13.9. The predicted molar refractivity (Wildman–Crippen MR) is 83.9 cm³/mol. The summed E-state index contributed by atoms with van der Waals surface area (Å²) in [6.45, 7) is 0.826. The zero-order valence-electron chi connectivity index (χ0n) is 13.3. The van der Waals surface area contributed by atoms with Crippen LogP contribution >= 0.6 is 0 Å². The van der Waals surface area contributed by atoms with Crippen molar-refractivity contribution in [1.82, 2.24) is 5.32 Å². The Balaban J connectivity index is 1.62. The molecule has 0 heterocycles. The normalized spacial score (nSPS) is 20.7. The Labute approximate surface area is 136 Å². The number of amides is 1. The van der Waals surface area contributed by atoms with Crippen molar-refractivity contribution in [2.45, 2.75) is 56.7 Å². The quantitative estimate of drug-likeness (QED) is 0.832. The number of rotatable bonds is 6. The van der Waals surface area contributed by atoms with E-state index in [2.05, 4.69) is 11.4 Å². The van der Waals surface area contributed by atoms with Gasteiger partial charge in [-0.15, -0.1) is 0 Å². The average molecular weight is 316 g/mol. The number of halogens is 1. The van der Waals surface area contributed by atoms with E-state index in [9.17, 15) is 14.4 Å². The number of nitrogens with zero attached hydrogens (tertiary/aromatic N) is 1. The molecule has 1 unspecified atom stereocenters. The first kappa shape index (κ1) is 15.9. The molecule has 0 spiro atoms. The molecule has 2 aliphatic rings. The molecule has 5 heteroatoms. The van der Waals surface area contributed by atoms with Crippen LogP contribution in [0.1, 0.15) is 44.1 Å². The molecule has 2 fully saturated rings. The molecule has 23 heavy (non-hydrogen) atoms. The summed E-state index contributed by atoms with van der Waals surface area (Å²) in [5.41, 5.74) is -0.0259. The molecule has 2 N–H and O–H groups in total. The van der Waals surface area contributed by atoms with Gasteiger partial charge in [0.25, 0.3) is 5.91 Å². The van der Waals surface area contributed by atoms with Crippen LogP contribution < -0.4 is 10.2 Å². The SMILES string of the molecule is N#CC1(NC(=O)C[NH+](Cc2ccccc2F)C2CC2)CCCC1. The van der Waals surface area contributed by atoms with Gasteiger partial charge < -0.3 is 10.2 Å². The summed E-state index contributed by atoms with van der Waals surface area (Å²) in [6, 6.07) is 9.46. The van der Waals surface area contributed by atoms with Crippen LogP contribution in [0.5, 0.6) is 0 Å². The minimum Gasteiger partial charge on any atom is -0.333 e. The molecule has 1 aromatic carbocycles. The largest absolute Gasteiger partial charge is 0.333 e. The second kappa shape index (κ2) is 6.67. The molecule has 0 radical (unpaired) electrons. The third kappa shape index (κ3) is 3.89. The lowest BCUT2D eigenvalue weighted by atomic mass is 10.00. The monoisotopic (exact) mass is 316 g/mol. The molecular formula is C18H23FN3O+. The minimum absolute atomic E-state index is 0.0910. The Morgan fingerprint density at radius 3 is 2.65 bits per heavy atom. The summed E-state index contributed by atoms with van der Waals surface area (Å²) in [5, 5.41) is 12.3. The van der Waals surface area contributed by atoms with E-state index in [0.29, 0.717) is 24.7 Å². The number of nitrogens with one attached hydrogen (secondary N) is 2. The fourth-order valence-corrected chi connectivity index (χ4v) is 3.49. The highest BCUT2D eigenvalue weighted by atomic mass is 19.1. The Morgan fingerprint density at radius 2 is 2.04 bits per heavy atom. The van der Waals surface area contributed by atoms with E-state index in [-0.39, 0.29) is 11.7 Å². The van der Waals surface area contributed by atoms with Crippen molar-refractivity contribution in [1.29, 1.82) is 5.26 Å². The summed E-state index contributed by atoms with van der Waals surface area (Å²) in [5.74, 6) is -0.304. The van der Waals surface area contributed by atoms with Crippen LogP contribution in [0, 0.1) is 17.1 Å². The van der Waals surface area contributed by atoms with Crippen molar-refractivity contribution < 1.29 is 14.1 Å². The van der Waals surface area contributed by atoms with E-state index < -0.39 is 5.54 Å². The number of quaternary nitrogens is 1. The molecule has 0 bridgehead atoms. The molecule has 1 atom stereocenters. The van der Waals surface area contributed by atoms with Crippen molar-refractivity contribution in [2.75, 3.05) is 6.54 Å². The van der Waals surface area contributed by atoms with Gasteiger partial charge in [0.05, 0.1) is 12.1 Å². The minimum atomic E-state index is -0.677. The molecule has 1 aromatic rings. The number of benzene rings is 1. The maximum absolute atomic E-state index is 13.9. The second-order valence-corrected chi connectivity index (χ2v) is 6.83. The van der Waals surface area contributed by atoms with Gasteiger partial charge in [-0.3, -0.25) is 4.79 Å². The van der Waals surface area contributed by atoms with Crippen LogP contribution in [0.15, 0.2) is 24.3 Å². The van der Waals surface area contributed by atoms with E-state index in [4.69, 9.17) is 0 Å². The van der Waals surface area contributed by atoms with E-state index in [1.54, 1.807) is 12.1 Å². The number of carbonyl (C=O) groups is 1. The van der Waals surface area contributed by atoms with Gasteiger partial charge in [0.15, 0.2) is 6.54 Å². The molecule has 2 aliphatic carbocycles. The first-order chi connectivity index (χ1) is 11.1. The van der Waals surface area contributed by atoms with Crippen molar-refractivity contribution in [3.63, 3.8) is 0 Å². The molecule has 0 aromatic heterocycles. The molecule has 2 saturated carbocycles. The van der Waals surface area contributed by atoms with Crippen molar-refractivity contribution >= 4 is 5.91 Å². The number of hydrogen-bond acceptors (Lipinski definition) is 2. The van der Waals surface area contributed by atoms with Crippen molar-refractivity contribution in [3.8, 4) is 6.07 Å². The Morgan fingerprint density at radius 1 is 1.35 bits per heavy atom. The lowest BCUT2D eigenvalue weighted by molar-refractivity contribution is -0.917. The Kier molecular flexibility index (Phi) is 4.63. The third-order valence-corrected chi connectivity index (χ3v) is 4.97. The fourth-order valence-electron chi connectivity index (χ4n) is 3.49. The van der Waals surface area contributed by atoms with Gasteiger partial charge in [0, 0.05) is 18.4 Å². The summed E-state index contributed by atoms with van der Waals surface area (Å²) in [4.78, 5) is 13.5. The molecule has 4 nitrogen and oxygen atoms in total. The summed E-state index contributed by atoms with van der Waals surface area (Å²) in [7, 11) is 0. The van der Waals surface area contributed by atoms with E-state index in [1.807, 2.05) is 6.07 Å². The zero-order chi connectivity index (χ0) is 16.3. The highest BCUT2D eigenvalue weighted by Crippen LogP contribution is 2.28. The highest BCUT2D eigenvalue weighted by Gasteiger charge is 2.39. The summed E-state index contributed by atoms with van der Waals surface area (Å²) in [6.07, 6.45) is 5.62. The van der Waals surface area contributed by atoms with Crippen molar-refractivity contribution in [2.24, 2.45) is 0 Å². The Hall–Kier alpha value is -1.93. The van der Waals surface area contributed by atoms with Crippen LogP contribution in [0.25, 0.3) is 0 Å². The number of hydrogen-bond donors (Lipinski definition) is 2. The molecular weight excluding hydrogens is 293 g/mol. The van der Waals surface area contributed by atoms with Gasteiger partial charge in [-0.2, -0.15) is 5.26 Å². The van der Waals surface area contributed by atoms with Gasteiger partial charge in [0.1, 0.15) is 17.9 Å². The smallest absolute Gasteiger partial charge is 0.276 e. The molecule has 1 amide bonds.